The fourth-order valence-electron chi connectivity index (χ4n) is 1.79. The number of nitrogens with one attached hydrogen (secondary N) is 1. The summed E-state index contributed by atoms with van der Waals surface area (Å²) in [6.07, 6.45) is 0.804. The van der Waals surface area contributed by atoms with Crippen molar-refractivity contribution in [2.24, 2.45) is 0 Å². The Morgan fingerprint density at radius 3 is 2.43 bits per heavy atom. The molecule has 118 valence electrons. The summed E-state index contributed by atoms with van der Waals surface area (Å²) >= 11 is 3.46. The van der Waals surface area contributed by atoms with E-state index >= 15 is 0 Å². The topological polar surface area (TPSA) is 67.8 Å². The second-order valence-corrected chi connectivity index (χ2v) is 5.21. The number of hydrogen-bond donors (Lipinski definition) is 2. The highest BCUT2D eigenvalue weighted by Crippen LogP contribution is 2.34. The number of hydrogen-bond acceptors (Lipinski definition) is 4. The second kappa shape index (κ2) is 9.63. The molecule has 0 saturated carbocycles. The van der Waals surface area contributed by atoms with Crippen LogP contribution in [0.5, 0.6) is 11.5 Å². The highest BCUT2D eigenvalue weighted by atomic mass is 79.9. The third-order valence-electron chi connectivity index (χ3n) is 2.72. The molecule has 6 heteroatoms. The van der Waals surface area contributed by atoms with Gasteiger partial charge in [0, 0.05) is 17.6 Å². The van der Waals surface area contributed by atoms with Gasteiger partial charge >= 0.3 is 0 Å². The standard InChI is InChI=1S/C15H22BrNO4/c1-3-20-13-8-11(9-15(19)17-6-5-7-18)12(16)10-14(13)21-4-2/h8,10,18H,3-7,9H2,1-2H3,(H,17,19). The van der Waals surface area contributed by atoms with Crippen LogP contribution in [-0.2, 0) is 11.2 Å². The molecule has 1 amide bonds. The lowest BCUT2D eigenvalue weighted by Crippen LogP contribution is -2.26. The number of aliphatic hydroxyl groups excluding tert-OH is 1. The molecule has 1 aromatic rings. The van der Waals surface area contributed by atoms with Gasteiger partial charge < -0.3 is 19.9 Å². The van der Waals surface area contributed by atoms with Crippen molar-refractivity contribution in [3.05, 3.63) is 22.2 Å². The zero-order valence-electron chi connectivity index (χ0n) is 12.4. The van der Waals surface area contributed by atoms with Crippen LogP contribution in [0.2, 0.25) is 0 Å². The van der Waals surface area contributed by atoms with Gasteiger partial charge in [0.25, 0.3) is 0 Å². The number of ether oxygens (including phenoxy) is 2. The Labute approximate surface area is 133 Å². The van der Waals surface area contributed by atoms with Crippen LogP contribution in [0.3, 0.4) is 0 Å². The van der Waals surface area contributed by atoms with Crippen molar-refractivity contribution in [2.45, 2.75) is 26.7 Å². The number of carbonyl (C=O) groups excluding carboxylic acids is 1. The highest BCUT2D eigenvalue weighted by molar-refractivity contribution is 9.10. The van der Waals surface area contributed by atoms with E-state index in [-0.39, 0.29) is 18.9 Å². The largest absolute Gasteiger partial charge is 0.490 e. The normalized spacial score (nSPS) is 10.3. The lowest BCUT2D eigenvalue weighted by molar-refractivity contribution is -0.120. The van der Waals surface area contributed by atoms with Gasteiger partial charge in [0.2, 0.25) is 5.91 Å². The van der Waals surface area contributed by atoms with Gasteiger partial charge in [-0.15, -0.1) is 0 Å². The average Bonchev–Trinajstić information content (AvgIpc) is 2.44. The number of amides is 1. The first kappa shape index (κ1) is 17.8. The summed E-state index contributed by atoms with van der Waals surface area (Å²) in [4.78, 5) is 11.8. The van der Waals surface area contributed by atoms with Gasteiger partial charge in [-0.25, -0.2) is 0 Å². The molecule has 5 nitrogen and oxygen atoms in total. The van der Waals surface area contributed by atoms with E-state index in [0.717, 1.165) is 10.0 Å². The Balaban J connectivity index is 2.81. The lowest BCUT2D eigenvalue weighted by Gasteiger charge is -2.14. The second-order valence-electron chi connectivity index (χ2n) is 4.36. The van der Waals surface area contributed by atoms with Crippen LogP contribution in [0.4, 0.5) is 0 Å². The molecule has 0 aromatic heterocycles. The van der Waals surface area contributed by atoms with E-state index in [4.69, 9.17) is 14.6 Å². The fourth-order valence-corrected chi connectivity index (χ4v) is 2.25. The summed E-state index contributed by atoms with van der Waals surface area (Å²) in [6, 6.07) is 3.65. The van der Waals surface area contributed by atoms with Crippen LogP contribution in [-0.4, -0.2) is 37.4 Å². The molecule has 0 spiro atoms. The molecule has 0 aliphatic heterocycles. The van der Waals surface area contributed by atoms with Crippen LogP contribution in [0, 0.1) is 0 Å². The smallest absolute Gasteiger partial charge is 0.224 e. The van der Waals surface area contributed by atoms with E-state index in [1.165, 1.54) is 0 Å². The molecule has 0 aliphatic rings. The van der Waals surface area contributed by atoms with E-state index in [1.807, 2.05) is 26.0 Å². The van der Waals surface area contributed by atoms with Gasteiger partial charge in [-0.1, -0.05) is 15.9 Å². The molecule has 21 heavy (non-hydrogen) atoms. The van der Waals surface area contributed by atoms with E-state index in [2.05, 4.69) is 21.2 Å². The number of carbonyl (C=O) groups is 1. The Hall–Kier alpha value is -1.27. The van der Waals surface area contributed by atoms with Crippen LogP contribution in [0.1, 0.15) is 25.8 Å². The Morgan fingerprint density at radius 1 is 1.24 bits per heavy atom. The Bertz CT molecular complexity index is 465. The van der Waals surface area contributed by atoms with Gasteiger partial charge in [-0.2, -0.15) is 0 Å². The summed E-state index contributed by atoms with van der Waals surface area (Å²) < 4.78 is 11.9. The minimum Gasteiger partial charge on any atom is -0.490 e. The van der Waals surface area contributed by atoms with Gasteiger partial charge in [-0.3, -0.25) is 4.79 Å². The summed E-state index contributed by atoms with van der Waals surface area (Å²) in [5.41, 5.74) is 0.836. The quantitative estimate of drug-likeness (QED) is 0.663. The van der Waals surface area contributed by atoms with E-state index < -0.39 is 0 Å². The first-order valence-electron chi connectivity index (χ1n) is 7.07. The summed E-state index contributed by atoms with van der Waals surface area (Å²) in [5.74, 6) is 1.21. The molecule has 0 aliphatic carbocycles. The predicted molar refractivity (Wildman–Crippen MR) is 84.9 cm³/mol. The molecule has 0 fully saturated rings. The maximum atomic E-state index is 11.8. The van der Waals surface area contributed by atoms with Crippen LogP contribution < -0.4 is 14.8 Å². The molecule has 0 bridgehead atoms. The van der Waals surface area contributed by atoms with Crippen molar-refractivity contribution in [1.29, 1.82) is 0 Å². The third kappa shape index (κ3) is 5.93. The van der Waals surface area contributed by atoms with Crippen molar-refractivity contribution in [2.75, 3.05) is 26.4 Å². The number of aliphatic hydroxyl groups is 1. The highest BCUT2D eigenvalue weighted by Gasteiger charge is 2.13. The van der Waals surface area contributed by atoms with Gasteiger partial charge in [0.05, 0.1) is 19.6 Å². The molecule has 2 N–H and O–H groups in total. The zero-order valence-corrected chi connectivity index (χ0v) is 14.0. The first-order chi connectivity index (χ1) is 10.1. The summed E-state index contributed by atoms with van der Waals surface area (Å²) in [6.45, 7) is 5.44. The molecular weight excluding hydrogens is 338 g/mol. The van der Waals surface area contributed by atoms with Crippen molar-refractivity contribution in [1.82, 2.24) is 5.32 Å². The van der Waals surface area contributed by atoms with Crippen molar-refractivity contribution in [3.63, 3.8) is 0 Å². The van der Waals surface area contributed by atoms with Gasteiger partial charge in [0.1, 0.15) is 0 Å². The van der Waals surface area contributed by atoms with Crippen LogP contribution in [0.15, 0.2) is 16.6 Å². The van der Waals surface area contributed by atoms with Crippen molar-refractivity contribution in [3.8, 4) is 11.5 Å². The maximum Gasteiger partial charge on any atom is 0.224 e. The minimum absolute atomic E-state index is 0.0709. The van der Waals surface area contributed by atoms with Gasteiger partial charge in [0.15, 0.2) is 11.5 Å². The number of rotatable bonds is 9. The van der Waals surface area contributed by atoms with E-state index in [1.54, 1.807) is 0 Å². The van der Waals surface area contributed by atoms with Crippen molar-refractivity contribution < 1.29 is 19.4 Å². The number of halogens is 1. The van der Waals surface area contributed by atoms with E-state index in [9.17, 15) is 4.79 Å². The molecule has 0 unspecified atom stereocenters. The Kier molecular flexibility index (Phi) is 8.15. The average molecular weight is 360 g/mol. The van der Waals surface area contributed by atoms with Crippen LogP contribution >= 0.6 is 15.9 Å². The molecule has 0 atom stereocenters. The van der Waals surface area contributed by atoms with Crippen LogP contribution in [0.25, 0.3) is 0 Å². The summed E-state index contributed by atoms with van der Waals surface area (Å²) in [7, 11) is 0. The SMILES string of the molecule is CCOc1cc(Br)c(CC(=O)NCCCO)cc1OCC. The number of benzene rings is 1. The first-order valence-corrected chi connectivity index (χ1v) is 7.87. The maximum absolute atomic E-state index is 11.8. The zero-order chi connectivity index (χ0) is 15.7. The minimum atomic E-state index is -0.0873. The monoisotopic (exact) mass is 359 g/mol. The summed E-state index contributed by atoms with van der Waals surface area (Å²) in [5, 5.41) is 11.5. The molecule has 0 heterocycles. The predicted octanol–water partition coefficient (Wildman–Crippen LogP) is 2.29. The molecule has 0 radical (unpaired) electrons. The Morgan fingerprint density at radius 2 is 1.86 bits per heavy atom. The fraction of sp³-hybridized carbons (Fsp3) is 0.533. The van der Waals surface area contributed by atoms with Crippen molar-refractivity contribution >= 4 is 21.8 Å². The molecule has 0 saturated heterocycles. The third-order valence-corrected chi connectivity index (χ3v) is 3.46. The van der Waals surface area contributed by atoms with Gasteiger partial charge in [-0.05, 0) is 38.0 Å². The van der Waals surface area contributed by atoms with E-state index in [0.29, 0.717) is 37.7 Å². The molecule has 1 rings (SSSR count). The lowest BCUT2D eigenvalue weighted by atomic mass is 10.1. The molecular formula is C15H22BrNO4. The molecule has 1 aromatic carbocycles.